The fourth-order valence-electron chi connectivity index (χ4n) is 4.05. The van der Waals surface area contributed by atoms with Gasteiger partial charge in [-0.3, -0.25) is 14.5 Å². The molecule has 1 aliphatic rings. The molecule has 0 unspecified atom stereocenters. The number of H-pyrrole nitrogens is 1. The second-order valence-electron chi connectivity index (χ2n) is 7.53. The van der Waals surface area contributed by atoms with Crippen molar-refractivity contribution in [1.29, 1.82) is 0 Å². The van der Waals surface area contributed by atoms with Crippen molar-refractivity contribution >= 4 is 28.3 Å². The molecule has 1 aliphatic heterocycles. The van der Waals surface area contributed by atoms with E-state index < -0.39 is 0 Å². The molecule has 4 rings (SSSR count). The Morgan fingerprint density at radius 1 is 1.11 bits per heavy atom. The average molecular weight is 375 g/mol. The lowest BCUT2D eigenvalue weighted by Gasteiger charge is -2.31. The Balaban J connectivity index is 1.32. The molecule has 2 heterocycles. The number of hydrogen-bond acceptors (Lipinski definition) is 3. The Bertz CT molecular complexity index is 1000. The van der Waals surface area contributed by atoms with Crippen LogP contribution >= 0.6 is 0 Å². The zero-order chi connectivity index (χ0) is 19.5. The molecule has 0 spiro atoms. The summed E-state index contributed by atoms with van der Waals surface area (Å²) in [4.78, 5) is 29.5. The maximum atomic E-state index is 12.4. The Hall–Kier alpha value is -2.92. The molecule has 0 bridgehead atoms. The van der Waals surface area contributed by atoms with Gasteiger partial charge < -0.3 is 10.3 Å². The number of nitrogens with one attached hydrogen (secondary N) is 2. The van der Waals surface area contributed by atoms with Crippen LogP contribution in [0.2, 0.25) is 0 Å². The minimum Gasteiger partial charge on any atom is -0.361 e. The van der Waals surface area contributed by atoms with Gasteiger partial charge in [0.15, 0.2) is 5.78 Å². The van der Waals surface area contributed by atoms with Crippen molar-refractivity contribution in [2.24, 2.45) is 0 Å². The summed E-state index contributed by atoms with van der Waals surface area (Å²) in [5.41, 5.74) is 3.86. The maximum Gasteiger partial charge on any atom is 0.238 e. The predicted octanol–water partition coefficient (Wildman–Crippen LogP) is 4.19. The highest BCUT2D eigenvalue weighted by atomic mass is 16.2. The molecular formula is C23H25N3O2. The molecule has 0 saturated carbocycles. The molecule has 28 heavy (non-hydrogen) atoms. The zero-order valence-electron chi connectivity index (χ0n) is 16.1. The normalized spacial score (nSPS) is 15.6. The van der Waals surface area contributed by atoms with Gasteiger partial charge in [-0.15, -0.1) is 0 Å². The molecule has 2 aromatic carbocycles. The summed E-state index contributed by atoms with van der Waals surface area (Å²) in [7, 11) is 0. The third kappa shape index (κ3) is 3.99. The fourth-order valence-corrected chi connectivity index (χ4v) is 4.05. The van der Waals surface area contributed by atoms with Gasteiger partial charge >= 0.3 is 0 Å². The first kappa shape index (κ1) is 18.4. The maximum absolute atomic E-state index is 12.4. The van der Waals surface area contributed by atoms with Gasteiger partial charge in [-0.2, -0.15) is 0 Å². The van der Waals surface area contributed by atoms with Gasteiger partial charge in [-0.25, -0.2) is 0 Å². The van der Waals surface area contributed by atoms with Gasteiger partial charge in [0.2, 0.25) is 5.91 Å². The number of aromatic nitrogens is 1. The van der Waals surface area contributed by atoms with Gasteiger partial charge in [0.05, 0.1) is 6.54 Å². The first-order valence-electron chi connectivity index (χ1n) is 9.79. The molecule has 1 aromatic heterocycles. The van der Waals surface area contributed by atoms with Crippen LogP contribution in [0.1, 0.15) is 41.6 Å². The molecule has 0 aliphatic carbocycles. The van der Waals surface area contributed by atoms with Crippen molar-refractivity contribution in [2.45, 2.75) is 25.7 Å². The minimum absolute atomic E-state index is 0.00421. The summed E-state index contributed by atoms with van der Waals surface area (Å²) in [6, 6.07) is 15.5. The van der Waals surface area contributed by atoms with Crippen molar-refractivity contribution in [1.82, 2.24) is 9.88 Å². The Labute approximate surface area is 164 Å². The van der Waals surface area contributed by atoms with E-state index in [4.69, 9.17) is 0 Å². The smallest absolute Gasteiger partial charge is 0.238 e. The van der Waals surface area contributed by atoms with Gasteiger partial charge in [-0.05, 0) is 62.5 Å². The third-order valence-corrected chi connectivity index (χ3v) is 5.57. The summed E-state index contributed by atoms with van der Waals surface area (Å²) >= 11 is 0. The number of benzene rings is 2. The van der Waals surface area contributed by atoms with Crippen molar-refractivity contribution in [2.75, 3.05) is 25.0 Å². The van der Waals surface area contributed by atoms with E-state index in [1.165, 1.54) is 23.4 Å². The van der Waals surface area contributed by atoms with E-state index in [2.05, 4.69) is 45.7 Å². The third-order valence-electron chi connectivity index (χ3n) is 5.57. The van der Waals surface area contributed by atoms with Crippen LogP contribution in [0.3, 0.4) is 0 Å². The number of hydrogen-bond donors (Lipinski definition) is 2. The molecule has 5 heteroatoms. The quantitative estimate of drug-likeness (QED) is 0.657. The number of carbonyl (C=O) groups excluding carboxylic acids is 2. The number of aromatic amines is 1. The second kappa shape index (κ2) is 7.98. The van der Waals surface area contributed by atoms with E-state index in [1.54, 1.807) is 18.2 Å². The number of amides is 1. The number of para-hydroxylation sites is 1. The van der Waals surface area contributed by atoms with E-state index in [9.17, 15) is 9.59 Å². The number of anilines is 1. The number of carbonyl (C=O) groups is 2. The Kier molecular flexibility index (Phi) is 5.26. The summed E-state index contributed by atoms with van der Waals surface area (Å²) in [6.45, 7) is 3.72. The molecule has 144 valence electrons. The SMILES string of the molecule is CC(=O)c1cccc(NC(=O)CN2CCC(c3c[nH]c4ccccc34)CC2)c1. The van der Waals surface area contributed by atoms with Crippen LogP contribution in [0.5, 0.6) is 0 Å². The van der Waals surface area contributed by atoms with Crippen molar-refractivity contribution in [3.05, 3.63) is 65.9 Å². The van der Waals surface area contributed by atoms with Crippen molar-refractivity contribution < 1.29 is 9.59 Å². The van der Waals surface area contributed by atoms with Crippen LogP contribution in [0.4, 0.5) is 5.69 Å². The second-order valence-corrected chi connectivity index (χ2v) is 7.53. The molecule has 1 fully saturated rings. The van der Waals surface area contributed by atoms with E-state index in [0.717, 1.165) is 25.9 Å². The summed E-state index contributed by atoms with van der Waals surface area (Å²) in [5, 5.41) is 4.22. The minimum atomic E-state index is -0.0359. The topological polar surface area (TPSA) is 65.2 Å². The molecule has 3 aromatic rings. The Morgan fingerprint density at radius 3 is 2.68 bits per heavy atom. The van der Waals surface area contributed by atoms with Gasteiger partial charge in [0, 0.05) is 28.4 Å². The number of rotatable bonds is 5. The average Bonchev–Trinajstić information content (AvgIpc) is 3.13. The lowest BCUT2D eigenvalue weighted by atomic mass is 9.89. The van der Waals surface area contributed by atoms with Crippen LogP contribution in [0.15, 0.2) is 54.7 Å². The fraction of sp³-hybridized carbons (Fsp3) is 0.304. The van der Waals surface area contributed by atoms with Crippen LogP contribution in [0, 0.1) is 0 Å². The van der Waals surface area contributed by atoms with Gasteiger partial charge in [-0.1, -0.05) is 30.3 Å². The van der Waals surface area contributed by atoms with Crippen LogP contribution in [-0.2, 0) is 4.79 Å². The number of ketones is 1. The van der Waals surface area contributed by atoms with E-state index >= 15 is 0 Å². The molecule has 0 atom stereocenters. The van der Waals surface area contributed by atoms with Crippen molar-refractivity contribution in [3.63, 3.8) is 0 Å². The summed E-state index contributed by atoms with van der Waals surface area (Å²) in [5.74, 6) is 0.490. The zero-order valence-corrected chi connectivity index (χ0v) is 16.1. The first-order valence-corrected chi connectivity index (χ1v) is 9.79. The lowest BCUT2D eigenvalue weighted by Crippen LogP contribution is -2.38. The predicted molar refractivity (Wildman–Crippen MR) is 112 cm³/mol. The highest BCUT2D eigenvalue weighted by Crippen LogP contribution is 2.33. The van der Waals surface area contributed by atoms with E-state index in [-0.39, 0.29) is 11.7 Å². The lowest BCUT2D eigenvalue weighted by molar-refractivity contribution is -0.117. The summed E-state index contributed by atoms with van der Waals surface area (Å²) < 4.78 is 0. The number of Topliss-reactive ketones (excluding diaryl/α,β-unsaturated/α-hetero) is 1. The summed E-state index contributed by atoms with van der Waals surface area (Å²) in [6.07, 6.45) is 4.24. The van der Waals surface area contributed by atoms with Gasteiger partial charge in [0.1, 0.15) is 0 Å². The largest absolute Gasteiger partial charge is 0.361 e. The molecule has 1 amide bonds. The molecule has 5 nitrogen and oxygen atoms in total. The van der Waals surface area contributed by atoms with Crippen molar-refractivity contribution in [3.8, 4) is 0 Å². The molecule has 2 N–H and O–H groups in total. The number of likely N-dealkylation sites (tertiary alicyclic amines) is 1. The first-order chi connectivity index (χ1) is 13.6. The number of piperidine rings is 1. The molecular weight excluding hydrogens is 350 g/mol. The highest BCUT2D eigenvalue weighted by molar-refractivity contribution is 5.97. The van der Waals surface area contributed by atoms with Gasteiger partial charge in [0.25, 0.3) is 0 Å². The molecule has 0 radical (unpaired) electrons. The van der Waals surface area contributed by atoms with Crippen LogP contribution in [0.25, 0.3) is 10.9 Å². The highest BCUT2D eigenvalue weighted by Gasteiger charge is 2.23. The van der Waals surface area contributed by atoms with Crippen LogP contribution < -0.4 is 5.32 Å². The molecule has 1 saturated heterocycles. The standard InChI is InChI=1S/C23H25N3O2/c1-16(27)18-5-4-6-19(13-18)25-23(28)15-26-11-9-17(10-12-26)21-14-24-22-8-3-2-7-20(21)22/h2-8,13-14,17,24H,9-12,15H2,1H3,(H,25,28). The van der Waals surface area contributed by atoms with Crippen LogP contribution in [-0.4, -0.2) is 41.2 Å². The number of nitrogens with zero attached hydrogens (tertiary/aromatic N) is 1. The number of fused-ring (bicyclic) bond motifs is 1. The Morgan fingerprint density at radius 2 is 1.89 bits per heavy atom. The van der Waals surface area contributed by atoms with E-state index in [0.29, 0.717) is 23.7 Å². The van der Waals surface area contributed by atoms with E-state index in [1.807, 2.05) is 6.07 Å². The monoisotopic (exact) mass is 375 g/mol.